The Morgan fingerprint density at radius 1 is 1.26 bits per heavy atom. The highest BCUT2D eigenvalue weighted by Crippen LogP contribution is 2.19. The van der Waals surface area contributed by atoms with Gasteiger partial charge in [0.1, 0.15) is 0 Å². The summed E-state index contributed by atoms with van der Waals surface area (Å²) in [5, 5.41) is 2.39. The molecule has 1 N–H and O–H groups in total. The van der Waals surface area contributed by atoms with Crippen molar-refractivity contribution in [1.29, 1.82) is 0 Å². The molecule has 3 nitrogen and oxygen atoms in total. The topological polar surface area (TPSA) is 42.0 Å². The largest absolute Gasteiger partial charge is 0.346 e. The second-order valence-corrected chi connectivity index (χ2v) is 4.16. The van der Waals surface area contributed by atoms with Gasteiger partial charge in [-0.25, -0.2) is 8.78 Å². The molecule has 0 radical (unpaired) electrons. The van der Waals surface area contributed by atoms with Gasteiger partial charge in [-0.2, -0.15) is 0 Å². The molecule has 0 aliphatic heterocycles. The van der Waals surface area contributed by atoms with Crippen molar-refractivity contribution >= 4 is 17.5 Å². The molecule has 0 atom stereocenters. The van der Waals surface area contributed by atoms with Crippen molar-refractivity contribution in [1.82, 2.24) is 10.3 Å². The van der Waals surface area contributed by atoms with Crippen molar-refractivity contribution in [3.05, 3.63) is 64.4 Å². The number of nitrogens with one attached hydrogen (secondary N) is 1. The van der Waals surface area contributed by atoms with E-state index >= 15 is 0 Å². The van der Waals surface area contributed by atoms with E-state index in [9.17, 15) is 13.6 Å². The van der Waals surface area contributed by atoms with Gasteiger partial charge in [0.25, 0.3) is 5.91 Å². The summed E-state index contributed by atoms with van der Waals surface area (Å²) in [5.74, 6) is -2.80. The summed E-state index contributed by atoms with van der Waals surface area (Å²) in [7, 11) is 0. The lowest BCUT2D eigenvalue weighted by molar-refractivity contribution is 0.0950. The molecule has 2 rings (SSSR count). The Hall–Kier alpha value is -2.01. The van der Waals surface area contributed by atoms with Crippen LogP contribution in [0.15, 0.2) is 36.5 Å². The van der Waals surface area contributed by atoms with Crippen LogP contribution >= 0.6 is 11.6 Å². The van der Waals surface area contributed by atoms with Crippen molar-refractivity contribution in [3.8, 4) is 0 Å². The van der Waals surface area contributed by atoms with Gasteiger partial charge in [0, 0.05) is 6.20 Å². The molecular weight excluding hydrogens is 274 g/mol. The maximum absolute atomic E-state index is 13.1. The summed E-state index contributed by atoms with van der Waals surface area (Å²) in [6.07, 6.45) is 1.59. The van der Waals surface area contributed by atoms with Gasteiger partial charge in [-0.05, 0) is 24.3 Å². The molecule has 0 spiro atoms. The Morgan fingerprint density at radius 3 is 2.68 bits per heavy atom. The number of hydrogen-bond acceptors (Lipinski definition) is 2. The molecule has 0 aliphatic carbocycles. The van der Waals surface area contributed by atoms with E-state index < -0.39 is 17.5 Å². The number of pyridine rings is 1. The van der Waals surface area contributed by atoms with E-state index in [1.807, 2.05) is 0 Å². The van der Waals surface area contributed by atoms with Crippen molar-refractivity contribution in [2.45, 2.75) is 6.54 Å². The Bertz CT molecular complexity index is 605. The smallest absolute Gasteiger partial charge is 0.253 e. The number of nitrogens with zero attached hydrogens (tertiary/aromatic N) is 1. The molecule has 0 fully saturated rings. The van der Waals surface area contributed by atoms with Gasteiger partial charge < -0.3 is 5.32 Å². The van der Waals surface area contributed by atoms with Gasteiger partial charge in [0.15, 0.2) is 11.6 Å². The molecule has 2 aromatic rings. The summed E-state index contributed by atoms with van der Waals surface area (Å²) >= 11 is 5.69. The molecule has 1 amide bonds. The lowest BCUT2D eigenvalue weighted by Crippen LogP contribution is -2.23. The zero-order valence-electron chi connectivity index (χ0n) is 9.66. The first-order valence-electron chi connectivity index (χ1n) is 5.40. The van der Waals surface area contributed by atoms with E-state index in [1.54, 1.807) is 24.4 Å². The summed E-state index contributed by atoms with van der Waals surface area (Å²) < 4.78 is 25.9. The number of carbonyl (C=O) groups is 1. The Labute approximate surface area is 113 Å². The molecule has 0 saturated heterocycles. The average molecular weight is 283 g/mol. The molecule has 0 aliphatic rings. The molecule has 98 valence electrons. The molecule has 1 heterocycles. The minimum absolute atomic E-state index is 0.114. The van der Waals surface area contributed by atoms with Gasteiger partial charge in [0.2, 0.25) is 0 Å². The van der Waals surface area contributed by atoms with Crippen molar-refractivity contribution in [2.24, 2.45) is 0 Å². The van der Waals surface area contributed by atoms with Gasteiger partial charge in [-0.15, -0.1) is 0 Å². The van der Waals surface area contributed by atoms with E-state index in [0.29, 0.717) is 5.69 Å². The Kier molecular flexibility index (Phi) is 4.06. The van der Waals surface area contributed by atoms with Crippen LogP contribution in [0.5, 0.6) is 0 Å². The standard InChI is InChI=1S/C13H9ClF2N2O/c14-10-6-12(16)11(15)5-9(10)13(19)18-7-8-3-1-2-4-17-8/h1-6H,7H2,(H,18,19). The van der Waals surface area contributed by atoms with Gasteiger partial charge >= 0.3 is 0 Å². The normalized spacial score (nSPS) is 10.3. The molecule has 1 aromatic carbocycles. The summed E-state index contributed by atoms with van der Waals surface area (Å²) in [6.45, 7) is 0.176. The van der Waals surface area contributed by atoms with Gasteiger partial charge in [-0.3, -0.25) is 9.78 Å². The average Bonchev–Trinajstić information content (AvgIpc) is 2.41. The maximum atomic E-state index is 13.1. The van der Waals surface area contributed by atoms with E-state index in [4.69, 9.17) is 11.6 Å². The van der Waals surface area contributed by atoms with E-state index in [-0.39, 0.29) is 17.1 Å². The molecule has 0 unspecified atom stereocenters. The van der Waals surface area contributed by atoms with Crippen LogP contribution in [0.1, 0.15) is 16.1 Å². The van der Waals surface area contributed by atoms with Crippen molar-refractivity contribution in [2.75, 3.05) is 0 Å². The summed E-state index contributed by atoms with van der Waals surface area (Å²) in [4.78, 5) is 15.8. The van der Waals surface area contributed by atoms with Gasteiger partial charge in [0.05, 0.1) is 22.8 Å². The predicted molar refractivity (Wildman–Crippen MR) is 66.8 cm³/mol. The number of amides is 1. The molecule has 6 heteroatoms. The highest BCUT2D eigenvalue weighted by Gasteiger charge is 2.14. The fourth-order valence-electron chi connectivity index (χ4n) is 1.47. The molecular formula is C13H9ClF2N2O. The third-order valence-corrected chi connectivity index (χ3v) is 2.72. The highest BCUT2D eigenvalue weighted by atomic mass is 35.5. The number of aromatic nitrogens is 1. The van der Waals surface area contributed by atoms with Crippen molar-refractivity contribution < 1.29 is 13.6 Å². The van der Waals surface area contributed by atoms with Crippen LogP contribution in [0.25, 0.3) is 0 Å². The van der Waals surface area contributed by atoms with Crippen LogP contribution in [-0.4, -0.2) is 10.9 Å². The number of hydrogen-bond donors (Lipinski definition) is 1. The lowest BCUT2D eigenvalue weighted by atomic mass is 10.2. The quantitative estimate of drug-likeness (QED) is 0.880. The number of carbonyl (C=O) groups excluding carboxylic acids is 1. The number of halogens is 3. The number of benzene rings is 1. The lowest BCUT2D eigenvalue weighted by Gasteiger charge is -2.07. The summed E-state index contributed by atoms with van der Waals surface area (Å²) in [5.41, 5.74) is 0.533. The minimum Gasteiger partial charge on any atom is -0.346 e. The molecule has 1 aromatic heterocycles. The second-order valence-electron chi connectivity index (χ2n) is 3.75. The van der Waals surface area contributed by atoms with E-state index in [2.05, 4.69) is 10.3 Å². The molecule has 19 heavy (non-hydrogen) atoms. The monoisotopic (exact) mass is 282 g/mol. The molecule has 0 saturated carbocycles. The first kappa shape index (κ1) is 13.4. The first-order chi connectivity index (χ1) is 9.08. The fraction of sp³-hybridized carbons (Fsp3) is 0.0769. The van der Waals surface area contributed by atoms with E-state index in [1.165, 1.54) is 0 Å². The van der Waals surface area contributed by atoms with Crippen LogP contribution in [0, 0.1) is 11.6 Å². The minimum atomic E-state index is -1.12. The highest BCUT2D eigenvalue weighted by molar-refractivity contribution is 6.33. The second kappa shape index (κ2) is 5.75. The Morgan fingerprint density at radius 2 is 2.00 bits per heavy atom. The molecule has 0 bridgehead atoms. The Balaban J connectivity index is 2.10. The van der Waals surface area contributed by atoms with Crippen molar-refractivity contribution in [3.63, 3.8) is 0 Å². The van der Waals surface area contributed by atoms with Crippen LogP contribution in [0.4, 0.5) is 8.78 Å². The number of rotatable bonds is 3. The van der Waals surface area contributed by atoms with Crippen LogP contribution in [-0.2, 0) is 6.54 Å². The zero-order chi connectivity index (χ0) is 13.8. The van der Waals surface area contributed by atoms with E-state index in [0.717, 1.165) is 12.1 Å². The van der Waals surface area contributed by atoms with Crippen LogP contribution in [0.2, 0.25) is 5.02 Å². The SMILES string of the molecule is O=C(NCc1ccccn1)c1cc(F)c(F)cc1Cl. The third-order valence-electron chi connectivity index (χ3n) is 2.41. The fourth-order valence-corrected chi connectivity index (χ4v) is 1.70. The van der Waals surface area contributed by atoms with Gasteiger partial charge in [-0.1, -0.05) is 17.7 Å². The zero-order valence-corrected chi connectivity index (χ0v) is 10.4. The van der Waals surface area contributed by atoms with Crippen LogP contribution in [0.3, 0.4) is 0 Å². The summed E-state index contributed by atoms with van der Waals surface area (Å²) in [6, 6.07) is 6.79. The third kappa shape index (κ3) is 3.26. The first-order valence-corrected chi connectivity index (χ1v) is 5.78. The maximum Gasteiger partial charge on any atom is 0.253 e. The van der Waals surface area contributed by atoms with Crippen LogP contribution < -0.4 is 5.32 Å². The predicted octanol–water partition coefficient (Wildman–Crippen LogP) is 2.94.